The normalized spacial score (nSPS) is 12.2. The summed E-state index contributed by atoms with van der Waals surface area (Å²) in [5.41, 5.74) is 2.84. The van der Waals surface area contributed by atoms with Crippen molar-refractivity contribution in [2.45, 2.75) is 26.3 Å². The fraction of sp³-hybridized carbons (Fsp3) is 0.250. The number of ether oxygens (including phenoxy) is 3. The number of nitrogens with zero attached hydrogens (tertiary/aromatic N) is 3. The van der Waals surface area contributed by atoms with Gasteiger partial charge in [-0.1, -0.05) is 30.3 Å². The lowest BCUT2D eigenvalue weighted by Gasteiger charge is -2.17. The zero-order valence-electron chi connectivity index (χ0n) is 18.6. The minimum Gasteiger partial charge on any atom is -0.491 e. The maximum absolute atomic E-state index is 14.8. The van der Waals surface area contributed by atoms with Gasteiger partial charge in [-0.25, -0.2) is 0 Å². The van der Waals surface area contributed by atoms with Crippen LogP contribution >= 0.6 is 0 Å². The molecule has 0 amide bonds. The van der Waals surface area contributed by atoms with Gasteiger partial charge in [0.25, 0.3) is 0 Å². The van der Waals surface area contributed by atoms with Gasteiger partial charge in [-0.2, -0.15) is 8.78 Å². The van der Waals surface area contributed by atoms with Crippen molar-refractivity contribution < 1.29 is 36.2 Å². The molecule has 0 N–H and O–H groups in total. The molecule has 0 radical (unpaired) electrons. The van der Waals surface area contributed by atoms with E-state index in [1.165, 1.54) is 24.4 Å². The topological polar surface area (TPSA) is 57.9 Å². The number of hydrogen-bond donors (Lipinski definition) is 0. The summed E-state index contributed by atoms with van der Waals surface area (Å²) in [7, 11) is 0. The van der Waals surface area contributed by atoms with Crippen LogP contribution in [0.4, 0.5) is 22.0 Å². The SMILES string of the molecule is Cc1cccc(C)c1OCCOC(F)(F)c1nnc2ccc(-c3ccc(OC(F)(F)F)cc3)cn12. The van der Waals surface area contributed by atoms with E-state index in [0.717, 1.165) is 27.7 Å². The molecule has 2 heterocycles. The second-order valence-corrected chi connectivity index (χ2v) is 7.68. The number of para-hydroxylation sites is 1. The zero-order valence-corrected chi connectivity index (χ0v) is 18.6. The molecule has 0 saturated heterocycles. The molecule has 6 nitrogen and oxygen atoms in total. The molecule has 4 rings (SSSR count). The van der Waals surface area contributed by atoms with E-state index in [9.17, 15) is 22.0 Å². The van der Waals surface area contributed by atoms with Crippen LogP contribution in [0.5, 0.6) is 11.5 Å². The molecular weight excluding hydrogens is 473 g/mol. The molecule has 2 aromatic carbocycles. The van der Waals surface area contributed by atoms with E-state index in [0.29, 0.717) is 16.9 Å². The van der Waals surface area contributed by atoms with E-state index < -0.39 is 30.7 Å². The standard InChI is InChI=1S/C24H20F5N3O3/c1-15-4-3-5-16(2)21(15)33-12-13-34-23(25,26)22-31-30-20-11-8-18(14-32(20)22)17-6-9-19(10-7-17)35-24(27,28)29/h3-11,14H,12-13H2,1-2H3. The first-order valence-electron chi connectivity index (χ1n) is 10.5. The number of fused-ring (bicyclic) bond motifs is 1. The third kappa shape index (κ3) is 5.68. The number of hydrogen-bond acceptors (Lipinski definition) is 5. The van der Waals surface area contributed by atoms with Crippen LogP contribution < -0.4 is 9.47 Å². The highest BCUT2D eigenvalue weighted by Gasteiger charge is 2.39. The molecule has 0 spiro atoms. The Bertz CT molecular complexity index is 1300. The van der Waals surface area contributed by atoms with E-state index in [-0.39, 0.29) is 12.3 Å². The predicted molar refractivity (Wildman–Crippen MR) is 116 cm³/mol. The summed E-state index contributed by atoms with van der Waals surface area (Å²) in [5, 5.41) is 7.32. The molecule has 0 unspecified atom stereocenters. The van der Waals surface area contributed by atoms with Crippen LogP contribution in [0, 0.1) is 13.8 Å². The molecule has 2 aromatic heterocycles. The van der Waals surface area contributed by atoms with Crippen LogP contribution in [0.3, 0.4) is 0 Å². The lowest BCUT2D eigenvalue weighted by Crippen LogP contribution is -2.24. The minimum atomic E-state index is -4.81. The molecule has 35 heavy (non-hydrogen) atoms. The number of aromatic nitrogens is 3. The van der Waals surface area contributed by atoms with E-state index in [1.54, 1.807) is 6.07 Å². The fourth-order valence-electron chi connectivity index (χ4n) is 3.51. The first-order valence-corrected chi connectivity index (χ1v) is 10.5. The van der Waals surface area contributed by atoms with Gasteiger partial charge in [-0.3, -0.25) is 4.40 Å². The molecule has 0 atom stereocenters. The van der Waals surface area contributed by atoms with Crippen molar-refractivity contribution in [3.8, 4) is 22.6 Å². The number of halogens is 5. The Labute approximate surface area is 196 Å². The van der Waals surface area contributed by atoms with Crippen molar-refractivity contribution in [1.29, 1.82) is 0 Å². The molecule has 184 valence electrons. The molecule has 0 aliphatic rings. The number of pyridine rings is 1. The van der Waals surface area contributed by atoms with Gasteiger partial charge in [-0.15, -0.1) is 23.4 Å². The lowest BCUT2D eigenvalue weighted by atomic mass is 10.1. The molecule has 0 aliphatic carbocycles. The summed E-state index contributed by atoms with van der Waals surface area (Å²) >= 11 is 0. The number of benzene rings is 2. The molecule has 11 heteroatoms. The average Bonchev–Trinajstić information content (AvgIpc) is 3.22. The van der Waals surface area contributed by atoms with Gasteiger partial charge >= 0.3 is 12.5 Å². The van der Waals surface area contributed by atoms with Crippen molar-refractivity contribution in [2.24, 2.45) is 0 Å². The van der Waals surface area contributed by atoms with Crippen molar-refractivity contribution >= 4 is 5.65 Å². The van der Waals surface area contributed by atoms with Crippen LogP contribution in [0.25, 0.3) is 16.8 Å². The summed E-state index contributed by atoms with van der Waals surface area (Å²) < 4.78 is 82.0. The first-order chi connectivity index (χ1) is 16.5. The van der Waals surface area contributed by atoms with Crippen molar-refractivity contribution in [1.82, 2.24) is 14.6 Å². The predicted octanol–water partition coefficient (Wildman–Crippen LogP) is 6.06. The average molecular weight is 493 g/mol. The van der Waals surface area contributed by atoms with Gasteiger partial charge in [0.05, 0.1) is 6.61 Å². The highest BCUT2D eigenvalue weighted by atomic mass is 19.4. The van der Waals surface area contributed by atoms with Crippen LogP contribution in [-0.2, 0) is 10.8 Å². The number of rotatable bonds is 8. The van der Waals surface area contributed by atoms with Crippen LogP contribution in [0.2, 0.25) is 0 Å². The Morgan fingerprint density at radius 2 is 1.46 bits per heavy atom. The van der Waals surface area contributed by atoms with E-state index in [2.05, 4.69) is 14.9 Å². The zero-order chi connectivity index (χ0) is 25.2. The van der Waals surface area contributed by atoms with Gasteiger partial charge in [0.15, 0.2) is 5.65 Å². The largest absolute Gasteiger partial charge is 0.573 e. The number of aryl methyl sites for hydroxylation is 2. The minimum absolute atomic E-state index is 0.102. The Hall–Kier alpha value is -3.73. The summed E-state index contributed by atoms with van der Waals surface area (Å²) in [6.45, 7) is 3.20. The quantitative estimate of drug-likeness (QED) is 0.221. The molecule has 4 aromatic rings. The smallest absolute Gasteiger partial charge is 0.491 e. The fourth-order valence-corrected chi connectivity index (χ4v) is 3.51. The van der Waals surface area contributed by atoms with Gasteiger partial charge in [0, 0.05) is 6.20 Å². The molecular formula is C24H20F5N3O3. The van der Waals surface area contributed by atoms with Crippen LogP contribution in [-0.4, -0.2) is 34.2 Å². The maximum Gasteiger partial charge on any atom is 0.573 e. The molecule has 0 fully saturated rings. The third-order valence-electron chi connectivity index (χ3n) is 5.11. The summed E-state index contributed by atoms with van der Waals surface area (Å²) in [6, 6.07) is 13.7. The van der Waals surface area contributed by atoms with Gasteiger partial charge in [-0.05, 0) is 60.4 Å². The first kappa shape index (κ1) is 24.4. The Morgan fingerprint density at radius 1 is 0.800 bits per heavy atom. The third-order valence-corrected chi connectivity index (χ3v) is 5.11. The second-order valence-electron chi connectivity index (χ2n) is 7.68. The Morgan fingerprint density at radius 3 is 2.11 bits per heavy atom. The van der Waals surface area contributed by atoms with Gasteiger partial charge in [0.2, 0.25) is 5.82 Å². The van der Waals surface area contributed by atoms with Crippen molar-refractivity contribution in [3.63, 3.8) is 0 Å². The molecule has 0 bridgehead atoms. The van der Waals surface area contributed by atoms with E-state index >= 15 is 0 Å². The summed E-state index contributed by atoms with van der Waals surface area (Å²) in [5.74, 6) is -0.516. The Kier molecular flexibility index (Phi) is 6.62. The van der Waals surface area contributed by atoms with Crippen LogP contribution in [0.15, 0.2) is 60.8 Å². The Balaban J connectivity index is 1.48. The highest BCUT2D eigenvalue weighted by Crippen LogP contribution is 2.31. The lowest BCUT2D eigenvalue weighted by molar-refractivity contribution is -0.274. The summed E-state index contributed by atoms with van der Waals surface area (Å²) in [4.78, 5) is 0. The van der Waals surface area contributed by atoms with Crippen molar-refractivity contribution in [2.75, 3.05) is 13.2 Å². The van der Waals surface area contributed by atoms with Crippen molar-refractivity contribution in [3.05, 3.63) is 77.7 Å². The monoisotopic (exact) mass is 493 g/mol. The number of alkyl halides is 5. The van der Waals surface area contributed by atoms with E-state index in [4.69, 9.17) is 9.47 Å². The highest BCUT2D eigenvalue weighted by molar-refractivity contribution is 5.65. The van der Waals surface area contributed by atoms with Gasteiger partial charge < -0.3 is 14.2 Å². The maximum atomic E-state index is 14.8. The van der Waals surface area contributed by atoms with Crippen LogP contribution in [0.1, 0.15) is 17.0 Å². The second kappa shape index (κ2) is 9.49. The summed E-state index contributed by atoms with van der Waals surface area (Å²) in [6.07, 6.45) is -7.23. The molecule has 0 aliphatic heterocycles. The van der Waals surface area contributed by atoms with E-state index in [1.807, 2.05) is 32.0 Å². The molecule has 0 saturated carbocycles. The van der Waals surface area contributed by atoms with Gasteiger partial charge in [0.1, 0.15) is 18.1 Å².